The fraction of sp³-hybridized carbons (Fsp3) is 0.500. The molecular weight excluding hydrogens is 864 g/mol. The third-order valence-corrected chi connectivity index (χ3v) is 6.88. The number of hydrogen-bond donors (Lipinski definition) is 0. The van der Waals surface area contributed by atoms with E-state index in [1.165, 1.54) is 43.0 Å². The molecule has 0 bridgehead atoms. The predicted octanol–water partition coefficient (Wildman–Crippen LogP) is 8.40. The molecule has 0 aliphatic rings. The van der Waals surface area contributed by atoms with Gasteiger partial charge in [-0.1, -0.05) is 12.1 Å². The molecule has 0 spiro atoms. The Morgan fingerprint density at radius 2 is 1.00 bits per heavy atom. The van der Waals surface area contributed by atoms with Crippen LogP contribution in [0.1, 0.15) is 61.2 Å². The smallest absolute Gasteiger partial charge is 0.462 e. The lowest BCUT2D eigenvalue weighted by atomic mass is 10.1. The van der Waals surface area contributed by atoms with Crippen molar-refractivity contribution < 1.29 is 123 Å². The Bertz CT molecular complexity index is 1780. The Hall–Kier alpha value is -4.92. The van der Waals surface area contributed by atoms with Gasteiger partial charge in [0.25, 0.3) is 0 Å². The van der Waals surface area contributed by atoms with Crippen molar-refractivity contribution in [3.8, 4) is 5.75 Å². The lowest BCUT2D eigenvalue weighted by Gasteiger charge is -2.38. The fourth-order valence-electron chi connectivity index (χ4n) is 3.91. The van der Waals surface area contributed by atoms with E-state index in [0.29, 0.717) is 6.07 Å². The van der Waals surface area contributed by atoms with Gasteiger partial charge >= 0.3 is 66.7 Å². The number of carbonyl (C=O) groups is 4. The van der Waals surface area contributed by atoms with E-state index in [1.807, 2.05) is 0 Å². The molecule has 0 radical (unpaired) electrons. The third-order valence-electron chi connectivity index (χ3n) is 6.88. The lowest BCUT2D eigenvalue weighted by Crippen LogP contribution is -2.66. The molecule has 0 N–H and O–H groups in total. The summed E-state index contributed by atoms with van der Waals surface area (Å²) in [5.41, 5.74) is -1.64. The highest BCUT2D eigenvalue weighted by atomic mass is 19.4. The number of benzene rings is 2. The van der Waals surface area contributed by atoms with Gasteiger partial charge in [-0.2, -0.15) is 65.9 Å². The van der Waals surface area contributed by atoms with Crippen LogP contribution in [0.25, 0.3) is 0 Å². The van der Waals surface area contributed by atoms with Crippen LogP contribution in [-0.2, 0) is 28.4 Å². The minimum Gasteiger partial charge on any atom is -0.462 e. The van der Waals surface area contributed by atoms with Crippen molar-refractivity contribution in [2.45, 2.75) is 68.6 Å². The largest absolute Gasteiger partial charge is 0.462 e. The van der Waals surface area contributed by atoms with Gasteiger partial charge in [0.1, 0.15) is 5.75 Å². The maximum atomic E-state index is 14.7. The zero-order valence-electron chi connectivity index (χ0n) is 29.4. The number of alkyl halides is 16. The molecule has 2 aromatic carbocycles. The molecule has 0 aromatic heterocycles. The number of esters is 3. The zero-order chi connectivity index (χ0) is 45.4. The molecule has 2 atom stereocenters. The Morgan fingerprint density at radius 3 is 1.41 bits per heavy atom. The summed E-state index contributed by atoms with van der Waals surface area (Å²) >= 11 is 0. The molecule has 0 aliphatic carbocycles. The number of Topliss-reactive ketones (excluding diaryl/α,β-unsaturated/α-hetero) is 1. The van der Waals surface area contributed by atoms with Gasteiger partial charge in [0.15, 0.2) is 5.78 Å². The molecule has 11 nitrogen and oxygen atoms in total. The van der Waals surface area contributed by atoms with E-state index in [4.69, 9.17) is 18.9 Å². The number of halogens is 16. The van der Waals surface area contributed by atoms with Crippen LogP contribution in [0.5, 0.6) is 5.75 Å². The summed E-state index contributed by atoms with van der Waals surface area (Å²) in [5, 5.41) is 0. The second kappa shape index (κ2) is 19.0. The van der Waals surface area contributed by atoms with Gasteiger partial charge in [-0.05, 0) is 37.3 Å². The van der Waals surface area contributed by atoms with Gasteiger partial charge in [0.05, 0.1) is 36.5 Å². The van der Waals surface area contributed by atoms with Gasteiger partial charge in [0.2, 0.25) is 0 Å². The predicted molar refractivity (Wildman–Crippen MR) is 158 cm³/mol. The zero-order valence-corrected chi connectivity index (χ0v) is 29.4. The maximum absolute atomic E-state index is 14.7. The van der Waals surface area contributed by atoms with Crippen molar-refractivity contribution in [2.24, 2.45) is 0 Å². The highest BCUT2D eigenvalue weighted by Crippen LogP contribution is 2.55. The van der Waals surface area contributed by atoms with E-state index in [2.05, 4.69) is 9.47 Å². The molecule has 0 aliphatic heterocycles. The average molecular weight is 891 g/mol. The normalized spacial score (nSPS) is 14.5. The van der Waals surface area contributed by atoms with Crippen LogP contribution >= 0.6 is 0 Å². The summed E-state index contributed by atoms with van der Waals surface area (Å²) in [7, 11) is 1.24. The first kappa shape index (κ1) is 50.2. The second-order valence-corrected chi connectivity index (χ2v) is 11.4. The van der Waals surface area contributed by atoms with Gasteiger partial charge in [0, 0.05) is 32.1 Å². The van der Waals surface area contributed by atoms with Gasteiger partial charge < -0.3 is 23.7 Å². The van der Waals surface area contributed by atoms with Gasteiger partial charge in [-0.3, -0.25) is 14.3 Å². The highest BCUT2D eigenvalue weighted by Gasteiger charge is 2.84. The van der Waals surface area contributed by atoms with E-state index in [1.54, 1.807) is 0 Å². The minimum atomic E-state index is -7.93. The Kier molecular flexibility index (Phi) is 16.2. The monoisotopic (exact) mass is 890 g/mol. The molecule has 332 valence electrons. The van der Waals surface area contributed by atoms with Crippen LogP contribution < -0.4 is 4.74 Å². The van der Waals surface area contributed by atoms with Crippen LogP contribution in [0.2, 0.25) is 0 Å². The number of carbonyl (C=O) groups excluding carboxylic acids is 4. The quantitative estimate of drug-likeness (QED) is 0.0394. The van der Waals surface area contributed by atoms with Crippen LogP contribution in [0.15, 0.2) is 42.5 Å². The lowest BCUT2D eigenvalue weighted by molar-refractivity contribution is -0.543. The summed E-state index contributed by atoms with van der Waals surface area (Å²) in [6.45, 7) is -0.260. The minimum absolute atomic E-state index is 0.00621. The van der Waals surface area contributed by atoms with Crippen LogP contribution in [0.3, 0.4) is 0 Å². The molecule has 2 unspecified atom stereocenters. The number of rotatable bonds is 21. The summed E-state index contributed by atoms with van der Waals surface area (Å²) in [4.78, 5) is 48.8. The van der Waals surface area contributed by atoms with Crippen molar-refractivity contribution in [2.75, 3.05) is 33.5 Å². The van der Waals surface area contributed by atoms with E-state index >= 15 is 0 Å². The van der Waals surface area contributed by atoms with Crippen molar-refractivity contribution >= 4 is 23.7 Å². The Balaban J connectivity index is 2.32. The number of hydrogen-bond acceptors (Lipinski definition) is 11. The molecule has 59 heavy (non-hydrogen) atoms. The topological polar surface area (TPSA) is 133 Å². The molecule has 27 heteroatoms. The Morgan fingerprint density at radius 1 is 0.576 bits per heavy atom. The first-order valence-electron chi connectivity index (χ1n) is 15.6. The maximum Gasteiger partial charge on any atom is 0.462 e. The van der Waals surface area contributed by atoms with E-state index in [9.17, 15) is 89.4 Å². The van der Waals surface area contributed by atoms with E-state index < -0.39 is 103 Å². The van der Waals surface area contributed by atoms with E-state index in [0.717, 1.165) is 0 Å². The molecule has 0 saturated heterocycles. The molecular formula is C32H26F16O11. The van der Waals surface area contributed by atoms with Crippen molar-refractivity contribution in [3.05, 3.63) is 64.7 Å². The van der Waals surface area contributed by atoms with Crippen LogP contribution in [0.4, 0.5) is 70.2 Å². The van der Waals surface area contributed by atoms with Gasteiger partial charge in [-0.15, -0.1) is 0 Å². The molecule has 0 amide bonds. The number of ether oxygens (including phenoxy) is 7. The highest BCUT2D eigenvalue weighted by molar-refractivity contribution is 5.97. The van der Waals surface area contributed by atoms with E-state index in [-0.39, 0.29) is 48.5 Å². The third kappa shape index (κ3) is 12.5. The average Bonchev–Trinajstić information content (AvgIpc) is 3.11. The van der Waals surface area contributed by atoms with Crippen LogP contribution in [0, 0.1) is 0 Å². The summed E-state index contributed by atoms with van der Waals surface area (Å²) in [5.74, 6) is -21.7. The van der Waals surface area contributed by atoms with Crippen LogP contribution in [-0.4, -0.2) is 106 Å². The fourth-order valence-corrected chi connectivity index (χ4v) is 3.91. The summed E-state index contributed by atoms with van der Waals surface area (Å²) in [6, 6.07) is 6.04. The molecule has 0 saturated carbocycles. The second-order valence-electron chi connectivity index (χ2n) is 11.4. The standard InChI is InChI=1S/C32H26F16O11/c1-16(49)17-5-7-18(8-6-17)22(50)54-11-4-12-56-24(52)20-13-19(23(51)55-10-3-9-53-2)14-21(15-20)57-26(34,35)25(33)58-32(47,48)28(38,30(42,43)44)59-31(45,46)27(36,37)29(39,40)41/h5-8,13-15,25H,3-4,9-12H2,1-2H3. The first-order valence-corrected chi connectivity index (χ1v) is 15.6. The van der Waals surface area contributed by atoms with Crippen molar-refractivity contribution in [1.29, 1.82) is 0 Å². The molecule has 0 fully saturated rings. The van der Waals surface area contributed by atoms with Crippen molar-refractivity contribution in [1.82, 2.24) is 0 Å². The molecule has 2 aromatic rings. The van der Waals surface area contributed by atoms with Crippen molar-refractivity contribution in [3.63, 3.8) is 0 Å². The Labute approximate surface area is 319 Å². The summed E-state index contributed by atoms with van der Waals surface area (Å²) < 4.78 is 243. The SMILES string of the molecule is COCCCOC(=O)c1cc(OC(F)(F)C(F)OC(F)(F)C(F)(OC(F)(F)C(F)(F)C(F)(F)F)C(F)(F)F)cc(C(=O)OCCCOC(=O)c2ccc(C(C)=O)cc2)c1. The summed E-state index contributed by atoms with van der Waals surface area (Å²) in [6.07, 6.45) is -43.0. The number of ketones is 1. The molecule has 0 heterocycles. The van der Waals surface area contributed by atoms with Gasteiger partial charge in [-0.25, -0.2) is 18.8 Å². The number of methoxy groups -OCH3 is 1. The first-order chi connectivity index (χ1) is 26.8. The molecule has 2 rings (SSSR count).